The Morgan fingerprint density at radius 3 is 2.55 bits per heavy atom. The highest BCUT2D eigenvalue weighted by molar-refractivity contribution is 7.09. The van der Waals surface area contributed by atoms with Gasteiger partial charge in [0, 0.05) is 41.2 Å². The number of fused-ring (bicyclic) bond motifs is 1. The second-order valence-corrected chi connectivity index (χ2v) is 10.1. The number of methoxy groups -OCH3 is 1. The molecule has 1 amide bonds. The van der Waals surface area contributed by atoms with Crippen LogP contribution in [-0.4, -0.2) is 45.8 Å². The summed E-state index contributed by atoms with van der Waals surface area (Å²) in [5, 5.41) is 6.30. The first-order valence-electron chi connectivity index (χ1n) is 12.1. The number of carbonyl (C=O) groups is 1. The molecule has 38 heavy (non-hydrogen) atoms. The number of carbonyl (C=O) groups excluding carboxylic acids is 1. The summed E-state index contributed by atoms with van der Waals surface area (Å²) in [6.45, 7) is 2.34. The molecule has 0 spiro atoms. The van der Waals surface area contributed by atoms with Crippen LogP contribution in [0, 0.1) is 12.7 Å². The molecule has 204 valence electrons. The van der Waals surface area contributed by atoms with Gasteiger partial charge in [-0.05, 0) is 38.0 Å². The molecular formula is C25H26F4N4O4S. The molecule has 13 heteroatoms. The average molecular weight is 555 g/mol. The van der Waals surface area contributed by atoms with Crippen LogP contribution in [0.15, 0.2) is 23.6 Å². The molecule has 1 saturated heterocycles. The van der Waals surface area contributed by atoms with E-state index in [1.54, 1.807) is 11.0 Å². The van der Waals surface area contributed by atoms with Gasteiger partial charge >= 0.3 is 6.18 Å². The van der Waals surface area contributed by atoms with Crippen molar-refractivity contribution in [1.82, 2.24) is 19.7 Å². The Kier molecular flexibility index (Phi) is 7.43. The molecule has 2 aliphatic rings. The maximum atomic E-state index is 14.3. The Bertz CT molecular complexity index is 1320. The number of aryl methyl sites for hydroxylation is 1. The summed E-state index contributed by atoms with van der Waals surface area (Å²) in [4.78, 5) is 19.1. The fourth-order valence-electron chi connectivity index (χ4n) is 4.69. The van der Waals surface area contributed by atoms with Crippen LogP contribution in [-0.2, 0) is 40.2 Å². The lowest BCUT2D eigenvalue weighted by Gasteiger charge is -2.31. The molecule has 0 N–H and O–H groups in total. The first-order chi connectivity index (χ1) is 18.1. The quantitative estimate of drug-likeness (QED) is 0.415. The van der Waals surface area contributed by atoms with E-state index < -0.39 is 18.2 Å². The summed E-state index contributed by atoms with van der Waals surface area (Å²) in [6.07, 6.45) is -3.96. The summed E-state index contributed by atoms with van der Waals surface area (Å²) < 4.78 is 71.2. The highest BCUT2D eigenvalue weighted by atomic mass is 32.1. The van der Waals surface area contributed by atoms with E-state index in [1.165, 1.54) is 31.4 Å². The van der Waals surface area contributed by atoms with Gasteiger partial charge in [0.05, 0.1) is 25.3 Å². The summed E-state index contributed by atoms with van der Waals surface area (Å²) >= 11 is 1.48. The van der Waals surface area contributed by atoms with Crippen molar-refractivity contribution >= 4 is 17.2 Å². The van der Waals surface area contributed by atoms with Gasteiger partial charge in [-0.3, -0.25) is 9.48 Å². The van der Waals surface area contributed by atoms with Crippen LogP contribution in [0.1, 0.15) is 58.3 Å². The van der Waals surface area contributed by atoms with Crippen LogP contribution >= 0.6 is 11.3 Å². The van der Waals surface area contributed by atoms with Gasteiger partial charge in [-0.25, -0.2) is 9.37 Å². The van der Waals surface area contributed by atoms with Gasteiger partial charge in [0.15, 0.2) is 5.69 Å². The van der Waals surface area contributed by atoms with Crippen LogP contribution < -0.4 is 4.74 Å². The number of likely N-dealkylation sites (tertiary alicyclic amines) is 1. The lowest BCUT2D eigenvalue weighted by atomic mass is 9.97. The highest BCUT2D eigenvalue weighted by Crippen LogP contribution is 2.36. The molecule has 2 aliphatic heterocycles. The Labute approximate surface area is 220 Å². The second-order valence-electron chi connectivity index (χ2n) is 9.25. The van der Waals surface area contributed by atoms with Crippen molar-refractivity contribution in [3.05, 3.63) is 62.6 Å². The highest BCUT2D eigenvalue weighted by Gasteiger charge is 2.35. The van der Waals surface area contributed by atoms with Crippen LogP contribution in [0.4, 0.5) is 17.6 Å². The number of ether oxygens (including phenoxy) is 3. The molecule has 0 bridgehead atoms. The number of aromatic nitrogens is 3. The molecule has 1 atom stereocenters. The van der Waals surface area contributed by atoms with Gasteiger partial charge in [-0.1, -0.05) is 0 Å². The van der Waals surface area contributed by atoms with Crippen LogP contribution in [0.5, 0.6) is 5.75 Å². The third-order valence-electron chi connectivity index (χ3n) is 6.84. The smallest absolute Gasteiger partial charge is 0.435 e. The number of thiazole rings is 1. The van der Waals surface area contributed by atoms with Crippen LogP contribution in [0.25, 0.3) is 0 Å². The maximum Gasteiger partial charge on any atom is 0.435 e. The first kappa shape index (κ1) is 26.6. The normalized spacial score (nSPS) is 18.8. The van der Waals surface area contributed by atoms with Gasteiger partial charge in [0.25, 0.3) is 0 Å². The van der Waals surface area contributed by atoms with E-state index in [1.807, 2.05) is 5.38 Å². The van der Waals surface area contributed by atoms with E-state index in [-0.39, 0.29) is 43.1 Å². The number of rotatable bonds is 5. The minimum atomic E-state index is -4.55. The lowest BCUT2D eigenvalue weighted by Crippen LogP contribution is -2.40. The Balaban J connectivity index is 1.18. The average Bonchev–Trinajstić information content (AvgIpc) is 3.46. The topological polar surface area (TPSA) is 78.7 Å². The fourth-order valence-corrected chi connectivity index (χ4v) is 5.69. The number of hydrogen-bond acceptors (Lipinski definition) is 7. The van der Waals surface area contributed by atoms with Gasteiger partial charge < -0.3 is 19.1 Å². The number of amides is 1. The van der Waals surface area contributed by atoms with E-state index >= 15 is 0 Å². The monoisotopic (exact) mass is 554 g/mol. The SMILES string of the molecule is COc1ccc(F)c2c1COC(c1csc(C3CCN(C(=O)Cn4nc(C(F)(F)F)cc4C)CC3)n1)OC2. The predicted molar refractivity (Wildman–Crippen MR) is 128 cm³/mol. The molecule has 8 nitrogen and oxygen atoms in total. The van der Waals surface area contributed by atoms with Crippen molar-refractivity contribution in [2.24, 2.45) is 0 Å². The van der Waals surface area contributed by atoms with E-state index in [2.05, 4.69) is 5.10 Å². The lowest BCUT2D eigenvalue weighted by molar-refractivity contribution is -0.155. The molecule has 1 fully saturated rings. The van der Waals surface area contributed by atoms with Crippen LogP contribution in [0.2, 0.25) is 0 Å². The number of hydrogen-bond donors (Lipinski definition) is 0. The second kappa shape index (κ2) is 10.6. The van der Waals surface area contributed by atoms with Crippen molar-refractivity contribution in [2.45, 2.75) is 57.9 Å². The molecule has 5 rings (SSSR count). The number of benzene rings is 1. The van der Waals surface area contributed by atoms with E-state index in [0.717, 1.165) is 15.8 Å². The minimum absolute atomic E-state index is 0.0244. The van der Waals surface area contributed by atoms with Gasteiger partial charge in [-0.2, -0.15) is 18.3 Å². The number of halogens is 4. The summed E-state index contributed by atoms with van der Waals surface area (Å²) in [6, 6.07) is 3.84. The Hall–Kier alpha value is -3.03. The summed E-state index contributed by atoms with van der Waals surface area (Å²) in [5.41, 5.74) is 0.894. The molecule has 1 unspecified atom stereocenters. The fraction of sp³-hybridized carbons (Fsp3) is 0.480. The maximum absolute atomic E-state index is 14.3. The summed E-state index contributed by atoms with van der Waals surface area (Å²) in [5.74, 6) is 0.00976. The Morgan fingerprint density at radius 1 is 1.18 bits per heavy atom. The molecule has 0 radical (unpaired) electrons. The minimum Gasteiger partial charge on any atom is -0.496 e. The largest absolute Gasteiger partial charge is 0.496 e. The molecule has 2 aromatic heterocycles. The molecule has 1 aromatic carbocycles. The molecule has 0 saturated carbocycles. The third-order valence-corrected chi connectivity index (χ3v) is 7.87. The van der Waals surface area contributed by atoms with Gasteiger partial charge in [0.2, 0.25) is 12.2 Å². The zero-order valence-electron chi connectivity index (χ0n) is 20.8. The number of nitrogens with zero attached hydrogens (tertiary/aromatic N) is 4. The zero-order chi connectivity index (χ0) is 27.0. The molecular weight excluding hydrogens is 528 g/mol. The van der Waals surface area contributed by atoms with Gasteiger partial charge in [0.1, 0.15) is 23.8 Å². The van der Waals surface area contributed by atoms with Crippen molar-refractivity contribution in [2.75, 3.05) is 20.2 Å². The van der Waals surface area contributed by atoms with E-state index in [0.29, 0.717) is 48.5 Å². The summed E-state index contributed by atoms with van der Waals surface area (Å²) in [7, 11) is 1.52. The van der Waals surface area contributed by atoms with Crippen molar-refractivity contribution < 1.29 is 36.6 Å². The zero-order valence-corrected chi connectivity index (χ0v) is 21.6. The van der Waals surface area contributed by atoms with Crippen molar-refractivity contribution in [1.29, 1.82) is 0 Å². The third kappa shape index (κ3) is 5.40. The number of alkyl halides is 3. The van der Waals surface area contributed by atoms with E-state index in [9.17, 15) is 22.4 Å². The predicted octanol–water partition coefficient (Wildman–Crippen LogP) is 4.97. The molecule has 4 heterocycles. The van der Waals surface area contributed by atoms with Crippen molar-refractivity contribution in [3.8, 4) is 5.75 Å². The van der Waals surface area contributed by atoms with Crippen LogP contribution in [0.3, 0.4) is 0 Å². The number of piperidine rings is 1. The molecule has 0 aliphatic carbocycles. The van der Waals surface area contributed by atoms with Crippen molar-refractivity contribution in [3.63, 3.8) is 0 Å². The van der Waals surface area contributed by atoms with E-state index in [4.69, 9.17) is 19.2 Å². The standard InChI is InChI=1S/C25H26F4N4O4S/c1-14-9-21(25(27,28)29)31-33(14)10-22(34)32-7-5-15(6-8-32)23-30-19(13-38-23)24-36-11-16-17(12-37-24)20(35-2)4-3-18(16)26/h3-4,9,13,15,24H,5-8,10-12H2,1-2H3. The first-order valence-corrected chi connectivity index (χ1v) is 12.9. The van der Waals surface area contributed by atoms with Gasteiger partial charge in [-0.15, -0.1) is 11.3 Å². The Morgan fingerprint density at radius 2 is 1.89 bits per heavy atom. The molecule has 3 aromatic rings.